The number of alkyl halides is 1. The number of rotatable bonds is 1. The molecule has 4 heteroatoms. The molecule has 0 aliphatic heterocycles. The first-order chi connectivity index (χ1) is 2.56. The van der Waals surface area contributed by atoms with Crippen molar-refractivity contribution < 1.29 is 4.57 Å². The van der Waals surface area contributed by atoms with Crippen molar-refractivity contribution in [2.75, 3.05) is 11.7 Å². The summed E-state index contributed by atoms with van der Waals surface area (Å²) in [6.45, 7) is 1.67. The van der Waals surface area contributed by atoms with Gasteiger partial charge in [0, 0.05) is 0 Å². The highest BCUT2D eigenvalue weighted by atomic mass is 79.9. The van der Waals surface area contributed by atoms with Crippen molar-refractivity contribution in [2.24, 2.45) is 0 Å². The van der Waals surface area contributed by atoms with Gasteiger partial charge < -0.3 is 4.57 Å². The van der Waals surface area contributed by atoms with Crippen LogP contribution in [-0.4, -0.2) is 11.7 Å². The van der Waals surface area contributed by atoms with Gasteiger partial charge in [-0.3, -0.25) is 0 Å². The second kappa shape index (κ2) is 2.49. The first kappa shape index (κ1) is 7.19. The van der Waals surface area contributed by atoms with Crippen LogP contribution in [0.1, 0.15) is 0 Å². The molecule has 0 aromatic heterocycles. The predicted molar refractivity (Wildman–Crippen MR) is 36.3 cm³/mol. The van der Waals surface area contributed by atoms with Gasteiger partial charge >= 0.3 is 0 Å². The molecule has 0 aliphatic carbocycles. The molecular formula is C2H5Br2OP. The van der Waals surface area contributed by atoms with Gasteiger partial charge in [-0.15, -0.1) is 0 Å². The van der Waals surface area contributed by atoms with Crippen LogP contribution < -0.4 is 0 Å². The molecule has 0 fully saturated rings. The molecule has 0 rings (SSSR count). The summed E-state index contributed by atoms with van der Waals surface area (Å²) >= 11 is 6.05. The lowest BCUT2D eigenvalue weighted by atomic mass is 11.9. The van der Waals surface area contributed by atoms with E-state index < -0.39 is 5.84 Å². The topological polar surface area (TPSA) is 17.1 Å². The van der Waals surface area contributed by atoms with Crippen molar-refractivity contribution in [1.29, 1.82) is 0 Å². The molecule has 1 nitrogen and oxygen atoms in total. The quantitative estimate of drug-likeness (QED) is 0.505. The van der Waals surface area contributed by atoms with Gasteiger partial charge in [0.05, 0.1) is 5.07 Å². The van der Waals surface area contributed by atoms with Crippen molar-refractivity contribution in [2.45, 2.75) is 0 Å². The smallest absolute Gasteiger partial charge is 0.155 e. The minimum Gasteiger partial charge on any atom is -0.311 e. The minimum atomic E-state index is -1.92. The first-order valence-electron chi connectivity index (χ1n) is 1.38. The van der Waals surface area contributed by atoms with Crippen LogP contribution in [0.15, 0.2) is 0 Å². The van der Waals surface area contributed by atoms with Crippen LogP contribution in [0.2, 0.25) is 0 Å². The van der Waals surface area contributed by atoms with Crippen LogP contribution in [-0.2, 0) is 4.57 Å². The van der Waals surface area contributed by atoms with Gasteiger partial charge in [-0.2, -0.15) is 0 Å². The molecule has 0 N–H and O–H groups in total. The highest BCUT2D eigenvalue weighted by Crippen LogP contribution is 2.50. The van der Waals surface area contributed by atoms with Crippen LogP contribution in [0.5, 0.6) is 0 Å². The summed E-state index contributed by atoms with van der Waals surface area (Å²) in [5, 5.41) is 0.556. The molecule has 0 spiro atoms. The van der Waals surface area contributed by atoms with E-state index in [1.165, 1.54) is 0 Å². The zero-order chi connectivity index (χ0) is 5.21. The predicted octanol–water partition coefficient (Wildman–Crippen LogP) is 2.64. The van der Waals surface area contributed by atoms with Crippen LogP contribution >= 0.6 is 37.3 Å². The number of hydrogen-bond acceptors (Lipinski definition) is 1. The highest BCUT2D eigenvalue weighted by molar-refractivity contribution is 9.41. The van der Waals surface area contributed by atoms with Crippen molar-refractivity contribution >= 4 is 37.3 Å². The lowest BCUT2D eigenvalue weighted by Gasteiger charge is -1.91. The molecule has 0 aliphatic rings. The molecule has 0 bridgehead atoms. The van der Waals surface area contributed by atoms with E-state index in [1.54, 1.807) is 6.66 Å². The lowest BCUT2D eigenvalue weighted by Crippen LogP contribution is -1.60. The van der Waals surface area contributed by atoms with Gasteiger partial charge in [0.25, 0.3) is 0 Å². The molecule has 38 valence electrons. The lowest BCUT2D eigenvalue weighted by molar-refractivity contribution is 0.592. The Hall–Kier alpha value is 1.19. The van der Waals surface area contributed by atoms with Crippen molar-refractivity contribution in [3.8, 4) is 0 Å². The third kappa shape index (κ3) is 5.19. The zero-order valence-corrected chi connectivity index (χ0v) is 7.38. The van der Waals surface area contributed by atoms with Gasteiger partial charge in [-0.25, -0.2) is 0 Å². The molecule has 0 saturated carbocycles. The largest absolute Gasteiger partial charge is 0.311 e. The molecular weight excluding hydrogens is 231 g/mol. The molecule has 0 heterocycles. The molecule has 0 amide bonds. The first-order valence-corrected chi connectivity index (χ1v) is 6.86. The Kier molecular flexibility index (Phi) is 2.98. The summed E-state index contributed by atoms with van der Waals surface area (Å²) in [6, 6.07) is 0. The van der Waals surface area contributed by atoms with Crippen molar-refractivity contribution in [3.63, 3.8) is 0 Å². The Morgan fingerprint density at radius 2 is 2.00 bits per heavy atom. The fourth-order valence-corrected chi connectivity index (χ4v) is 0. The Balaban J connectivity index is 3.48. The molecule has 1 atom stereocenters. The van der Waals surface area contributed by atoms with E-state index >= 15 is 0 Å². The highest BCUT2D eigenvalue weighted by Gasteiger charge is 2.03. The van der Waals surface area contributed by atoms with Gasteiger partial charge in [0.1, 0.15) is 0 Å². The van der Waals surface area contributed by atoms with E-state index in [0.29, 0.717) is 5.07 Å². The average Bonchev–Trinajstić information content (AvgIpc) is 1.35. The third-order valence-electron chi connectivity index (χ3n) is 0.213. The maximum Gasteiger partial charge on any atom is 0.155 e. The normalized spacial score (nSPS) is 19.8. The zero-order valence-electron chi connectivity index (χ0n) is 3.32. The van der Waals surface area contributed by atoms with E-state index in [2.05, 4.69) is 31.4 Å². The fraction of sp³-hybridized carbons (Fsp3) is 1.00. The van der Waals surface area contributed by atoms with Gasteiger partial charge in [0.15, 0.2) is 5.84 Å². The molecule has 0 radical (unpaired) electrons. The molecule has 0 aromatic rings. The standard InChI is InChI=1S/C2H5Br2OP/c1-6(4,5)2-3/h2H2,1H3. The third-order valence-corrected chi connectivity index (χ3v) is 6.28. The Bertz CT molecular complexity index is 75.6. The summed E-state index contributed by atoms with van der Waals surface area (Å²) < 4.78 is 10.5. The van der Waals surface area contributed by atoms with E-state index in [0.717, 1.165) is 0 Å². The fourth-order valence-electron chi connectivity index (χ4n) is 0. The summed E-state index contributed by atoms with van der Waals surface area (Å²) in [4.78, 5) is 0. The maximum absolute atomic E-state index is 10.5. The summed E-state index contributed by atoms with van der Waals surface area (Å²) in [7, 11) is 0. The molecule has 6 heavy (non-hydrogen) atoms. The Morgan fingerprint density at radius 1 is 1.83 bits per heavy atom. The van der Waals surface area contributed by atoms with Crippen LogP contribution in [0, 0.1) is 0 Å². The van der Waals surface area contributed by atoms with Crippen LogP contribution in [0.25, 0.3) is 0 Å². The molecule has 0 saturated heterocycles. The number of hydrogen-bond donors (Lipinski definition) is 0. The maximum atomic E-state index is 10.5. The minimum absolute atomic E-state index is 0.556. The summed E-state index contributed by atoms with van der Waals surface area (Å²) in [5.41, 5.74) is 0. The van der Waals surface area contributed by atoms with E-state index in [-0.39, 0.29) is 0 Å². The molecule has 1 unspecified atom stereocenters. The number of halogens is 2. The summed E-state index contributed by atoms with van der Waals surface area (Å²) in [5.74, 6) is -1.92. The second-order valence-electron chi connectivity index (χ2n) is 1.10. The van der Waals surface area contributed by atoms with Crippen LogP contribution in [0.4, 0.5) is 0 Å². The SMILES string of the molecule is CP(=O)(Br)CBr. The Morgan fingerprint density at radius 3 is 2.00 bits per heavy atom. The summed E-state index contributed by atoms with van der Waals surface area (Å²) in [6.07, 6.45) is 0. The Labute approximate surface area is 53.7 Å². The second-order valence-corrected chi connectivity index (χ2v) is 9.32. The average molecular weight is 236 g/mol. The van der Waals surface area contributed by atoms with E-state index in [4.69, 9.17) is 0 Å². The van der Waals surface area contributed by atoms with Crippen molar-refractivity contribution in [1.82, 2.24) is 0 Å². The monoisotopic (exact) mass is 234 g/mol. The molecule has 0 aromatic carbocycles. The van der Waals surface area contributed by atoms with Crippen molar-refractivity contribution in [3.05, 3.63) is 0 Å². The van der Waals surface area contributed by atoms with Gasteiger partial charge in [-0.1, -0.05) is 15.9 Å². The van der Waals surface area contributed by atoms with Gasteiger partial charge in [-0.05, 0) is 22.2 Å². The van der Waals surface area contributed by atoms with Gasteiger partial charge in [0.2, 0.25) is 0 Å². The van der Waals surface area contributed by atoms with E-state index in [1.807, 2.05) is 0 Å². The van der Waals surface area contributed by atoms with E-state index in [9.17, 15) is 4.57 Å². The van der Waals surface area contributed by atoms with Crippen LogP contribution in [0.3, 0.4) is 0 Å².